The van der Waals surface area contributed by atoms with Gasteiger partial charge in [-0.3, -0.25) is 4.79 Å². The number of nitrogens with zero attached hydrogens (tertiary/aromatic N) is 2. The lowest BCUT2D eigenvalue weighted by Gasteiger charge is -2.08. The fraction of sp³-hybridized carbons (Fsp3) is 0. The van der Waals surface area contributed by atoms with Crippen molar-refractivity contribution in [3.8, 4) is 0 Å². The molecule has 0 fully saturated rings. The van der Waals surface area contributed by atoms with Crippen molar-refractivity contribution in [3.05, 3.63) is 43.6 Å². The predicted octanol–water partition coefficient (Wildman–Crippen LogP) is 3.60. The zero-order chi connectivity index (χ0) is 14.0. The standard InChI is InChI=1S/C11H7Br3N4O/c12-5-1-2-6(7(15)3-5)11(19)18-10-9(14)17-8(13)4-16-10/h1-4H,15H2,(H,16,18,19). The lowest BCUT2D eigenvalue weighted by atomic mass is 10.1. The molecule has 1 heterocycles. The molecule has 0 radical (unpaired) electrons. The summed E-state index contributed by atoms with van der Waals surface area (Å²) in [6.45, 7) is 0. The Morgan fingerprint density at radius 2 is 2.00 bits per heavy atom. The predicted molar refractivity (Wildman–Crippen MR) is 83.9 cm³/mol. The first-order chi connectivity index (χ1) is 8.97. The molecule has 3 N–H and O–H groups in total. The van der Waals surface area contributed by atoms with E-state index in [2.05, 4.69) is 63.1 Å². The van der Waals surface area contributed by atoms with Gasteiger partial charge in [-0.25, -0.2) is 9.97 Å². The van der Waals surface area contributed by atoms with Crippen molar-refractivity contribution >= 4 is 65.2 Å². The number of rotatable bonds is 2. The van der Waals surface area contributed by atoms with Gasteiger partial charge in [0.15, 0.2) is 5.82 Å². The van der Waals surface area contributed by atoms with E-state index in [0.29, 0.717) is 26.3 Å². The molecule has 0 spiro atoms. The number of benzene rings is 1. The van der Waals surface area contributed by atoms with E-state index in [-0.39, 0.29) is 5.91 Å². The molecule has 98 valence electrons. The van der Waals surface area contributed by atoms with Crippen molar-refractivity contribution in [1.29, 1.82) is 0 Å². The number of halogens is 3. The molecule has 0 bridgehead atoms. The number of nitrogens with one attached hydrogen (secondary N) is 1. The third-order valence-corrected chi connectivity index (χ3v) is 3.62. The third kappa shape index (κ3) is 3.52. The fourth-order valence-corrected chi connectivity index (χ4v) is 2.63. The highest BCUT2D eigenvalue weighted by Gasteiger charge is 2.13. The summed E-state index contributed by atoms with van der Waals surface area (Å²) in [5, 5.41) is 2.64. The first-order valence-corrected chi connectivity index (χ1v) is 7.39. The number of anilines is 2. The van der Waals surface area contributed by atoms with E-state index in [1.807, 2.05) is 0 Å². The van der Waals surface area contributed by atoms with E-state index in [1.165, 1.54) is 6.20 Å². The smallest absolute Gasteiger partial charge is 0.258 e. The lowest BCUT2D eigenvalue weighted by molar-refractivity contribution is 0.102. The Hall–Kier alpha value is -0.990. The average Bonchev–Trinajstić information content (AvgIpc) is 2.32. The summed E-state index contributed by atoms with van der Waals surface area (Å²) < 4.78 is 1.82. The Balaban J connectivity index is 2.25. The van der Waals surface area contributed by atoms with Gasteiger partial charge in [-0.05, 0) is 50.1 Å². The highest BCUT2D eigenvalue weighted by Crippen LogP contribution is 2.22. The normalized spacial score (nSPS) is 10.3. The number of aromatic nitrogens is 2. The van der Waals surface area contributed by atoms with Gasteiger partial charge in [0.1, 0.15) is 9.21 Å². The van der Waals surface area contributed by atoms with Gasteiger partial charge < -0.3 is 11.1 Å². The molecule has 0 unspecified atom stereocenters. The summed E-state index contributed by atoms with van der Waals surface area (Å²) in [7, 11) is 0. The SMILES string of the molecule is Nc1cc(Br)ccc1C(=O)Nc1ncc(Br)nc1Br. The summed E-state index contributed by atoms with van der Waals surface area (Å²) in [6, 6.07) is 5.04. The minimum atomic E-state index is -0.345. The Morgan fingerprint density at radius 3 is 2.63 bits per heavy atom. The van der Waals surface area contributed by atoms with Gasteiger partial charge in [0.2, 0.25) is 0 Å². The number of nitrogens with two attached hydrogens (primary N) is 1. The first kappa shape index (κ1) is 14.4. The summed E-state index contributed by atoms with van der Waals surface area (Å²) in [4.78, 5) is 20.2. The van der Waals surface area contributed by atoms with Crippen LogP contribution in [0.15, 0.2) is 38.1 Å². The number of hydrogen-bond donors (Lipinski definition) is 2. The quantitative estimate of drug-likeness (QED) is 0.685. The molecule has 2 rings (SSSR count). The van der Waals surface area contributed by atoms with Crippen LogP contribution in [0.4, 0.5) is 11.5 Å². The number of carbonyl (C=O) groups is 1. The molecule has 1 amide bonds. The third-order valence-electron chi connectivity index (χ3n) is 2.19. The van der Waals surface area contributed by atoms with E-state index < -0.39 is 0 Å². The van der Waals surface area contributed by atoms with Gasteiger partial charge in [-0.15, -0.1) is 0 Å². The Kier molecular flexibility index (Phi) is 4.54. The Labute approximate surface area is 134 Å². The summed E-state index contributed by atoms with van der Waals surface area (Å²) in [5.74, 6) is -0.0159. The van der Waals surface area contributed by atoms with E-state index >= 15 is 0 Å². The van der Waals surface area contributed by atoms with Crippen LogP contribution in [0, 0.1) is 0 Å². The van der Waals surface area contributed by atoms with E-state index in [9.17, 15) is 4.79 Å². The number of hydrogen-bond acceptors (Lipinski definition) is 4. The van der Waals surface area contributed by atoms with Crippen LogP contribution in [0.1, 0.15) is 10.4 Å². The van der Waals surface area contributed by atoms with Gasteiger partial charge in [0.05, 0.1) is 11.8 Å². The molecule has 5 nitrogen and oxygen atoms in total. The first-order valence-electron chi connectivity index (χ1n) is 5.02. The minimum Gasteiger partial charge on any atom is -0.398 e. The van der Waals surface area contributed by atoms with Crippen molar-refractivity contribution < 1.29 is 4.79 Å². The van der Waals surface area contributed by atoms with Gasteiger partial charge in [0.25, 0.3) is 5.91 Å². The maximum absolute atomic E-state index is 12.1. The van der Waals surface area contributed by atoms with Crippen LogP contribution < -0.4 is 11.1 Å². The van der Waals surface area contributed by atoms with Crippen LogP contribution in [0.3, 0.4) is 0 Å². The lowest BCUT2D eigenvalue weighted by Crippen LogP contribution is -2.15. The monoisotopic (exact) mass is 448 g/mol. The van der Waals surface area contributed by atoms with Gasteiger partial charge in [-0.1, -0.05) is 15.9 Å². The second-order valence-corrected chi connectivity index (χ2v) is 6.00. The molecule has 1 aromatic carbocycles. The zero-order valence-corrected chi connectivity index (χ0v) is 14.1. The molecule has 0 atom stereocenters. The van der Waals surface area contributed by atoms with Gasteiger partial charge in [-0.2, -0.15) is 0 Å². The molecular formula is C11H7Br3N4O. The Morgan fingerprint density at radius 1 is 1.26 bits per heavy atom. The van der Waals surface area contributed by atoms with Crippen molar-refractivity contribution in [2.75, 3.05) is 11.1 Å². The second-order valence-electron chi connectivity index (χ2n) is 3.52. The highest BCUT2D eigenvalue weighted by molar-refractivity contribution is 9.11. The van der Waals surface area contributed by atoms with Gasteiger partial charge >= 0.3 is 0 Å². The average molecular weight is 451 g/mol. The van der Waals surface area contributed by atoms with Crippen molar-refractivity contribution in [1.82, 2.24) is 9.97 Å². The van der Waals surface area contributed by atoms with Crippen LogP contribution in [-0.4, -0.2) is 15.9 Å². The maximum Gasteiger partial charge on any atom is 0.258 e. The fourth-order valence-electron chi connectivity index (χ4n) is 1.35. The molecule has 1 aromatic heterocycles. The van der Waals surface area contributed by atoms with Crippen molar-refractivity contribution in [2.45, 2.75) is 0 Å². The van der Waals surface area contributed by atoms with Gasteiger partial charge in [0, 0.05) is 10.2 Å². The number of carbonyl (C=O) groups excluding carboxylic acids is 1. The summed E-state index contributed by atoms with van der Waals surface area (Å²) in [6.07, 6.45) is 1.49. The van der Waals surface area contributed by atoms with E-state index in [4.69, 9.17) is 5.73 Å². The summed E-state index contributed by atoms with van der Waals surface area (Å²) >= 11 is 9.69. The van der Waals surface area contributed by atoms with Crippen LogP contribution >= 0.6 is 47.8 Å². The van der Waals surface area contributed by atoms with E-state index in [1.54, 1.807) is 18.2 Å². The Bertz CT molecular complexity index is 648. The molecule has 2 aromatic rings. The number of amides is 1. The topological polar surface area (TPSA) is 80.9 Å². The van der Waals surface area contributed by atoms with Crippen LogP contribution in [0.25, 0.3) is 0 Å². The second kappa shape index (κ2) is 5.98. The molecule has 0 aliphatic heterocycles. The molecule has 19 heavy (non-hydrogen) atoms. The zero-order valence-electron chi connectivity index (χ0n) is 9.32. The molecule has 0 aliphatic carbocycles. The molecule has 0 saturated carbocycles. The maximum atomic E-state index is 12.1. The largest absolute Gasteiger partial charge is 0.398 e. The summed E-state index contributed by atoms with van der Waals surface area (Å²) in [5.41, 5.74) is 6.55. The van der Waals surface area contributed by atoms with Crippen molar-refractivity contribution in [3.63, 3.8) is 0 Å². The molecule has 0 aliphatic rings. The number of nitrogen functional groups attached to an aromatic ring is 1. The minimum absolute atomic E-state index is 0.329. The van der Waals surface area contributed by atoms with Crippen LogP contribution in [-0.2, 0) is 0 Å². The van der Waals surface area contributed by atoms with Crippen LogP contribution in [0.5, 0.6) is 0 Å². The van der Waals surface area contributed by atoms with E-state index in [0.717, 1.165) is 4.47 Å². The van der Waals surface area contributed by atoms with Crippen LogP contribution in [0.2, 0.25) is 0 Å². The highest BCUT2D eigenvalue weighted by atomic mass is 79.9. The van der Waals surface area contributed by atoms with Crippen molar-refractivity contribution in [2.24, 2.45) is 0 Å². The molecule has 8 heteroatoms. The molecular weight excluding hydrogens is 444 g/mol. The molecule has 0 saturated heterocycles.